The summed E-state index contributed by atoms with van der Waals surface area (Å²) in [5, 5.41) is 1.14. The van der Waals surface area contributed by atoms with Crippen molar-refractivity contribution < 1.29 is 0 Å². The summed E-state index contributed by atoms with van der Waals surface area (Å²) < 4.78 is 2.56. The van der Waals surface area contributed by atoms with Gasteiger partial charge >= 0.3 is 0 Å². The van der Waals surface area contributed by atoms with Crippen LogP contribution in [0.2, 0.25) is 0 Å². The number of rotatable bonds is 0. The molecule has 2 nitrogen and oxygen atoms in total. The molecule has 0 atom stereocenters. The SMILES string of the molecule is Cc1ccc2ncsc2c1.Cc1ccc2sc(C)nc2c1. The molecular formula is C17H16N2S2. The minimum Gasteiger partial charge on any atom is -0.245 e. The van der Waals surface area contributed by atoms with Crippen LogP contribution in [0.5, 0.6) is 0 Å². The van der Waals surface area contributed by atoms with Gasteiger partial charge in [0, 0.05) is 0 Å². The lowest BCUT2D eigenvalue weighted by molar-refractivity contribution is 1.34. The highest BCUT2D eigenvalue weighted by molar-refractivity contribution is 7.18. The summed E-state index contributed by atoms with van der Waals surface area (Å²) in [6.45, 7) is 6.23. The predicted molar refractivity (Wildman–Crippen MR) is 93.5 cm³/mol. The molecular weight excluding hydrogens is 296 g/mol. The second-order valence-electron chi connectivity index (χ2n) is 5.03. The van der Waals surface area contributed by atoms with Crippen LogP contribution >= 0.6 is 22.7 Å². The normalized spacial score (nSPS) is 10.6. The van der Waals surface area contributed by atoms with Gasteiger partial charge in [-0.25, -0.2) is 9.97 Å². The van der Waals surface area contributed by atoms with E-state index < -0.39 is 0 Å². The smallest absolute Gasteiger partial charge is 0.0907 e. The van der Waals surface area contributed by atoms with E-state index in [-0.39, 0.29) is 0 Å². The fourth-order valence-corrected chi connectivity index (χ4v) is 3.70. The number of benzene rings is 2. The zero-order chi connectivity index (χ0) is 14.8. The van der Waals surface area contributed by atoms with Crippen LogP contribution in [0.1, 0.15) is 16.1 Å². The highest BCUT2D eigenvalue weighted by Crippen LogP contribution is 2.21. The second kappa shape index (κ2) is 5.92. The maximum atomic E-state index is 4.39. The van der Waals surface area contributed by atoms with Crippen molar-refractivity contribution in [2.75, 3.05) is 0 Å². The molecule has 0 radical (unpaired) electrons. The molecule has 0 N–H and O–H groups in total. The Morgan fingerprint density at radius 2 is 1.57 bits per heavy atom. The van der Waals surface area contributed by atoms with Crippen LogP contribution in [0, 0.1) is 20.8 Å². The van der Waals surface area contributed by atoms with E-state index in [1.807, 2.05) is 12.4 Å². The molecule has 21 heavy (non-hydrogen) atoms. The van der Waals surface area contributed by atoms with Gasteiger partial charge < -0.3 is 0 Å². The van der Waals surface area contributed by atoms with Crippen LogP contribution in [-0.4, -0.2) is 9.97 Å². The van der Waals surface area contributed by atoms with Gasteiger partial charge in [-0.3, -0.25) is 0 Å². The molecule has 0 aliphatic rings. The molecule has 2 heterocycles. The summed E-state index contributed by atoms with van der Waals surface area (Å²) in [6, 6.07) is 12.7. The van der Waals surface area contributed by atoms with Crippen molar-refractivity contribution in [3.63, 3.8) is 0 Å². The first-order valence-electron chi connectivity index (χ1n) is 6.75. The van der Waals surface area contributed by atoms with Crippen molar-refractivity contribution in [3.05, 3.63) is 58.0 Å². The summed E-state index contributed by atoms with van der Waals surface area (Å²) in [4.78, 5) is 8.57. The van der Waals surface area contributed by atoms with E-state index in [0.717, 1.165) is 16.0 Å². The topological polar surface area (TPSA) is 25.8 Å². The van der Waals surface area contributed by atoms with Crippen LogP contribution in [0.25, 0.3) is 20.4 Å². The Morgan fingerprint density at radius 1 is 0.810 bits per heavy atom. The molecule has 0 bridgehead atoms. The van der Waals surface area contributed by atoms with Gasteiger partial charge in [-0.1, -0.05) is 12.1 Å². The lowest BCUT2D eigenvalue weighted by Gasteiger charge is -1.88. The van der Waals surface area contributed by atoms with E-state index in [0.29, 0.717) is 0 Å². The molecule has 0 fully saturated rings. The molecule has 2 aromatic heterocycles. The van der Waals surface area contributed by atoms with Crippen LogP contribution in [0.4, 0.5) is 0 Å². The third-order valence-electron chi connectivity index (χ3n) is 3.14. The first kappa shape index (κ1) is 14.2. The Kier molecular flexibility index (Phi) is 3.99. The molecule has 0 saturated heterocycles. The summed E-state index contributed by atoms with van der Waals surface area (Å²) in [5.74, 6) is 0. The summed E-state index contributed by atoms with van der Waals surface area (Å²) in [7, 11) is 0. The maximum Gasteiger partial charge on any atom is 0.0907 e. The van der Waals surface area contributed by atoms with Gasteiger partial charge in [0.15, 0.2) is 0 Å². The van der Waals surface area contributed by atoms with Gasteiger partial charge in [-0.15, -0.1) is 22.7 Å². The molecule has 4 aromatic rings. The van der Waals surface area contributed by atoms with Crippen LogP contribution in [-0.2, 0) is 0 Å². The fraction of sp³-hybridized carbons (Fsp3) is 0.176. The van der Waals surface area contributed by atoms with Crippen molar-refractivity contribution in [1.29, 1.82) is 0 Å². The van der Waals surface area contributed by atoms with Gasteiger partial charge in [0.05, 0.1) is 31.0 Å². The zero-order valence-corrected chi connectivity index (χ0v) is 13.9. The van der Waals surface area contributed by atoms with Crippen molar-refractivity contribution in [2.45, 2.75) is 20.8 Å². The third-order valence-corrected chi connectivity index (χ3v) is 4.88. The minimum absolute atomic E-state index is 1.11. The Balaban J connectivity index is 0.000000126. The standard InChI is InChI=1S/C9H9NS.C8H7NS/c1-6-3-4-9-8(5-6)10-7(2)11-9;1-6-2-3-7-8(4-6)10-5-9-7/h3-5H,1-2H3;2-5H,1H3. The van der Waals surface area contributed by atoms with E-state index in [2.05, 4.69) is 60.2 Å². The van der Waals surface area contributed by atoms with Gasteiger partial charge in [-0.05, 0) is 56.2 Å². The van der Waals surface area contributed by atoms with Crippen molar-refractivity contribution in [3.8, 4) is 0 Å². The monoisotopic (exact) mass is 312 g/mol. The van der Waals surface area contributed by atoms with Crippen molar-refractivity contribution >= 4 is 43.1 Å². The number of hydrogen-bond donors (Lipinski definition) is 0. The van der Waals surface area contributed by atoms with E-state index >= 15 is 0 Å². The maximum absolute atomic E-state index is 4.39. The quantitative estimate of drug-likeness (QED) is 0.427. The molecule has 0 aliphatic heterocycles. The molecule has 106 valence electrons. The summed E-state index contributed by atoms with van der Waals surface area (Å²) in [6.07, 6.45) is 0. The van der Waals surface area contributed by atoms with E-state index in [4.69, 9.17) is 0 Å². The summed E-state index contributed by atoms with van der Waals surface area (Å²) in [5.41, 5.74) is 6.70. The second-order valence-corrected chi connectivity index (χ2v) is 7.15. The first-order chi connectivity index (χ1) is 10.1. The van der Waals surface area contributed by atoms with E-state index in [1.54, 1.807) is 22.7 Å². The van der Waals surface area contributed by atoms with Gasteiger partial charge in [-0.2, -0.15) is 0 Å². The number of nitrogens with zero attached hydrogens (tertiary/aromatic N) is 2. The molecule has 0 amide bonds. The van der Waals surface area contributed by atoms with Gasteiger partial charge in [0.25, 0.3) is 0 Å². The molecule has 2 aromatic carbocycles. The van der Waals surface area contributed by atoms with Crippen molar-refractivity contribution in [2.24, 2.45) is 0 Å². The molecule has 0 spiro atoms. The zero-order valence-electron chi connectivity index (χ0n) is 12.3. The van der Waals surface area contributed by atoms with Crippen LogP contribution in [0.15, 0.2) is 41.9 Å². The lowest BCUT2D eigenvalue weighted by Crippen LogP contribution is -1.71. The minimum atomic E-state index is 1.11. The molecule has 0 unspecified atom stereocenters. The summed E-state index contributed by atoms with van der Waals surface area (Å²) >= 11 is 3.44. The third kappa shape index (κ3) is 3.28. The number of thiazole rings is 2. The van der Waals surface area contributed by atoms with Gasteiger partial charge in [0.1, 0.15) is 0 Å². The average molecular weight is 312 g/mol. The number of fused-ring (bicyclic) bond motifs is 2. The molecule has 0 aliphatic carbocycles. The highest BCUT2D eigenvalue weighted by atomic mass is 32.1. The average Bonchev–Trinajstić information content (AvgIpc) is 3.03. The largest absolute Gasteiger partial charge is 0.245 e. The van der Waals surface area contributed by atoms with E-state index in [1.165, 1.54) is 20.5 Å². The Morgan fingerprint density at radius 3 is 2.43 bits per heavy atom. The first-order valence-corrected chi connectivity index (χ1v) is 8.45. The highest BCUT2D eigenvalue weighted by Gasteiger charge is 1.98. The Bertz CT molecular complexity index is 890. The number of aryl methyl sites for hydroxylation is 3. The van der Waals surface area contributed by atoms with E-state index in [9.17, 15) is 0 Å². The van der Waals surface area contributed by atoms with Crippen LogP contribution in [0.3, 0.4) is 0 Å². The Labute approximate surface area is 132 Å². The van der Waals surface area contributed by atoms with Crippen molar-refractivity contribution in [1.82, 2.24) is 9.97 Å². The Hall–Kier alpha value is -1.78. The number of aromatic nitrogens is 2. The molecule has 4 rings (SSSR count). The van der Waals surface area contributed by atoms with Gasteiger partial charge in [0.2, 0.25) is 0 Å². The van der Waals surface area contributed by atoms with Crippen LogP contribution < -0.4 is 0 Å². The predicted octanol–water partition coefficient (Wildman–Crippen LogP) is 5.52. The lowest BCUT2D eigenvalue weighted by atomic mass is 10.2. The molecule has 4 heteroatoms. The number of hydrogen-bond acceptors (Lipinski definition) is 4. The fourth-order valence-electron chi connectivity index (χ4n) is 2.11. The molecule has 0 saturated carbocycles.